The fourth-order valence-corrected chi connectivity index (χ4v) is 3.89. The average molecular weight is 492 g/mol. The normalized spacial score (nSPS) is 11.2. The predicted molar refractivity (Wildman–Crippen MR) is 126 cm³/mol. The van der Waals surface area contributed by atoms with Gasteiger partial charge in [0.25, 0.3) is 0 Å². The van der Waals surface area contributed by atoms with Crippen molar-refractivity contribution >= 4 is 35.4 Å². The highest BCUT2D eigenvalue weighted by Gasteiger charge is 2.17. The van der Waals surface area contributed by atoms with Crippen LogP contribution in [0, 0.1) is 0 Å². The number of nitrogens with one attached hydrogen (secondary N) is 1. The zero-order valence-electron chi connectivity index (χ0n) is 18.3. The molecule has 0 unspecified atom stereocenters. The summed E-state index contributed by atoms with van der Waals surface area (Å²) >= 11 is 7.17. The third-order valence-corrected chi connectivity index (χ3v) is 5.49. The van der Waals surface area contributed by atoms with Gasteiger partial charge in [0.2, 0.25) is 5.16 Å². The van der Waals surface area contributed by atoms with Gasteiger partial charge < -0.3 is 24.1 Å². The number of aliphatic carboxylic acids is 1. The fourth-order valence-electron chi connectivity index (χ4n) is 2.88. The van der Waals surface area contributed by atoms with Crippen LogP contribution >= 0.6 is 23.4 Å². The van der Waals surface area contributed by atoms with Crippen molar-refractivity contribution in [1.29, 1.82) is 0 Å². The van der Waals surface area contributed by atoms with Crippen molar-refractivity contribution in [1.82, 2.24) is 15.2 Å². The number of ether oxygens (including phenoxy) is 4. The Hall–Kier alpha value is -3.37. The van der Waals surface area contributed by atoms with E-state index in [2.05, 4.69) is 15.2 Å². The number of benzene rings is 2. The SMILES string of the molecule is CCOc1cc(/C=C(\Sc2n[nH]c(-c3cc(OC)cc(OC)c3)n2)C(=O)O)cc(Cl)c1OC. The van der Waals surface area contributed by atoms with E-state index in [9.17, 15) is 9.90 Å². The predicted octanol–water partition coefficient (Wildman–Crippen LogP) is 4.77. The molecule has 3 aromatic rings. The summed E-state index contributed by atoms with van der Waals surface area (Å²) in [5, 5.41) is 17.2. The molecule has 33 heavy (non-hydrogen) atoms. The lowest BCUT2D eigenvalue weighted by molar-refractivity contribution is -0.131. The van der Waals surface area contributed by atoms with Gasteiger partial charge in [-0.1, -0.05) is 11.6 Å². The van der Waals surface area contributed by atoms with Crippen LogP contribution in [0.25, 0.3) is 17.5 Å². The molecule has 0 saturated carbocycles. The quantitative estimate of drug-likeness (QED) is 0.305. The average Bonchev–Trinajstić information content (AvgIpc) is 3.27. The van der Waals surface area contributed by atoms with E-state index in [0.29, 0.717) is 51.6 Å². The summed E-state index contributed by atoms with van der Waals surface area (Å²) < 4.78 is 21.4. The number of aromatic amines is 1. The Morgan fingerprint density at radius 3 is 2.39 bits per heavy atom. The zero-order chi connectivity index (χ0) is 24.0. The summed E-state index contributed by atoms with van der Waals surface area (Å²) in [5.41, 5.74) is 1.21. The van der Waals surface area contributed by atoms with Crippen LogP contribution in [0.3, 0.4) is 0 Å². The molecule has 0 saturated heterocycles. The van der Waals surface area contributed by atoms with Gasteiger partial charge in [-0.3, -0.25) is 5.10 Å². The van der Waals surface area contributed by atoms with E-state index in [0.717, 1.165) is 11.8 Å². The molecular formula is C22H22ClN3O6S. The summed E-state index contributed by atoms with van der Waals surface area (Å²) in [5.74, 6) is 1.27. The van der Waals surface area contributed by atoms with E-state index < -0.39 is 5.97 Å². The first-order valence-electron chi connectivity index (χ1n) is 9.67. The molecule has 0 aliphatic rings. The Morgan fingerprint density at radius 2 is 1.82 bits per heavy atom. The molecule has 3 rings (SSSR count). The fraction of sp³-hybridized carbons (Fsp3) is 0.227. The van der Waals surface area contributed by atoms with E-state index in [1.165, 1.54) is 13.2 Å². The van der Waals surface area contributed by atoms with Gasteiger partial charge in [0, 0.05) is 11.6 Å². The van der Waals surface area contributed by atoms with E-state index in [1.54, 1.807) is 44.6 Å². The highest BCUT2D eigenvalue weighted by Crippen LogP contribution is 2.38. The lowest BCUT2D eigenvalue weighted by Crippen LogP contribution is -1.99. The highest BCUT2D eigenvalue weighted by molar-refractivity contribution is 8.04. The number of rotatable bonds is 10. The second-order valence-corrected chi connectivity index (χ2v) is 7.87. The number of nitrogens with zero attached hydrogens (tertiary/aromatic N) is 2. The minimum Gasteiger partial charge on any atom is -0.497 e. The Kier molecular flexibility index (Phi) is 8.07. The molecule has 174 valence electrons. The molecule has 0 fully saturated rings. The summed E-state index contributed by atoms with van der Waals surface area (Å²) in [6.45, 7) is 2.22. The van der Waals surface area contributed by atoms with Gasteiger partial charge in [-0.25, -0.2) is 9.78 Å². The molecule has 1 aromatic heterocycles. The molecule has 0 spiro atoms. The Balaban J connectivity index is 1.91. The number of carbonyl (C=O) groups is 1. The van der Waals surface area contributed by atoms with Crippen molar-refractivity contribution in [2.75, 3.05) is 27.9 Å². The van der Waals surface area contributed by atoms with Crippen LogP contribution in [0.4, 0.5) is 0 Å². The lowest BCUT2D eigenvalue weighted by Gasteiger charge is -2.12. The van der Waals surface area contributed by atoms with E-state index in [1.807, 2.05) is 6.92 Å². The molecule has 0 amide bonds. The molecule has 0 bridgehead atoms. The number of thioether (sulfide) groups is 1. The number of hydrogen-bond donors (Lipinski definition) is 2. The number of hydrogen-bond acceptors (Lipinski definition) is 8. The molecule has 1 heterocycles. The first-order valence-corrected chi connectivity index (χ1v) is 10.9. The second-order valence-electron chi connectivity index (χ2n) is 6.45. The minimum atomic E-state index is -1.14. The third kappa shape index (κ3) is 5.91. The maximum Gasteiger partial charge on any atom is 0.342 e. The number of carboxylic acids is 1. The van der Waals surface area contributed by atoms with Crippen molar-refractivity contribution in [3.8, 4) is 34.4 Å². The summed E-state index contributed by atoms with van der Waals surface area (Å²) in [6, 6.07) is 8.51. The molecule has 9 nitrogen and oxygen atoms in total. The van der Waals surface area contributed by atoms with Crippen LogP contribution < -0.4 is 18.9 Å². The van der Waals surface area contributed by atoms with E-state index >= 15 is 0 Å². The van der Waals surface area contributed by atoms with Crippen LogP contribution in [0.1, 0.15) is 12.5 Å². The number of halogens is 1. The van der Waals surface area contributed by atoms with Gasteiger partial charge in [0.1, 0.15) is 16.4 Å². The Bertz CT molecular complexity index is 1160. The molecule has 0 aliphatic heterocycles. The first-order chi connectivity index (χ1) is 15.9. The van der Waals surface area contributed by atoms with Crippen LogP contribution in [0.5, 0.6) is 23.0 Å². The molecule has 0 aliphatic carbocycles. The second kappa shape index (κ2) is 11.0. The minimum absolute atomic E-state index is 0.00699. The largest absolute Gasteiger partial charge is 0.497 e. The molecule has 11 heteroatoms. The lowest BCUT2D eigenvalue weighted by atomic mass is 10.2. The van der Waals surface area contributed by atoms with Crippen molar-refractivity contribution in [2.24, 2.45) is 0 Å². The third-order valence-electron chi connectivity index (χ3n) is 4.34. The summed E-state index contributed by atoms with van der Waals surface area (Å²) in [6.07, 6.45) is 1.46. The number of methoxy groups -OCH3 is 3. The monoisotopic (exact) mass is 491 g/mol. The van der Waals surface area contributed by atoms with Crippen LogP contribution in [0.2, 0.25) is 5.02 Å². The van der Waals surface area contributed by atoms with E-state index in [-0.39, 0.29) is 10.1 Å². The Labute approximate surface area is 199 Å². The summed E-state index contributed by atoms with van der Waals surface area (Å²) in [7, 11) is 4.58. The maximum atomic E-state index is 11.9. The van der Waals surface area contributed by atoms with Gasteiger partial charge in [-0.15, -0.1) is 5.10 Å². The molecule has 0 atom stereocenters. The van der Waals surface area contributed by atoms with Crippen molar-refractivity contribution in [2.45, 2.75) is 12.1 Å². The van der Waals surface area contributed by atoms with Crippen LogP contribution in [-0.2, 0) is 4.79 Å². The van der Waals surface area contributed by atoms with Gasteiger partial charge in [-0.2, -0.15) is 0 Å². The first kappa shape index (κ1) is 24.3. The van der Waals surface area contributed by atoms with Crippen molar-refractivity contribution in [3.05, 3.63) is 45.8 Å². The standard InChI is InChI=1S/C22H22ClN3O6S/c1-5-32-17-7-12(6-16(23)19(17)31-4)8-18(21(27)28)33-22-24-20(25-26-22)13-9-14(29-2)11-15(10-13)30-3/h6-11H,5H2,1-4H3,(H,27,28)(H,24,25,26)/b18-8-. The smallest absolute Gasteiger partial charge is 0.342 e. The maximum absolute atomic E-state index is 11.9. The van der Waals surface area contributed by atoms with Crippen LogP contribution in [0.15, 0.2) is 40.4 Å². The number of H-pyrrole nitrogens is 1. The van der Waals surface area contributed by atoms with Crippen molar-refractivity contribution < 1.29 is 28.8 Å². The Morgan fingerprint density at radius 1 is 1.12 bits per heavy atom. The molecule has 2 aromatic carbocycles. The van der Waals surface area contributed by atoms with Crippen LogP contribution in [-0.4, -0.2) is 54.2 Å². The number of carboxylic acid groups (broad SMARTS) is 1. The topological polar surface area (TPSA) is 116 Å². The van der Waals surface area contributed by atoms with Gasteiger partial charge in [0.05, 0.1) is 33.0 Å². The summed E-state index contributed by atoms with van der Waals surface area (Å²) in [4.78, 5) is 16.3. The van der Waals surface area contributed by atoms with E-state index in [4.69, 9.17) is 30.5 Å². The molecule has 2 N–H and O–H groups in total. The molecule has 0 radical (unpaired) electrons. The molecular weight excluding hydrogens is 470 g/mol. The zero-order valence-corrected chi connectivity index (χ0v) is 19.9. The van der Waals surface area contributed by atoms with Gasteiger partial charge >= 0.3 is 5.97 Å². The highest BCUT2D eigenvalue weighted by atomic mass is 35.5. The van der Waals surface area contributed by atoms with Crippen molar-refractivity contribution in [3.63, 3.8) is 0 Å². The van der Waals surface area contributed by atoms with Gasteiger partial charge in [0.15, 0.2) is 17.3 Å². The number of aromatic nitrogens is 3. The van der Waals surface area contributed by atoms with Gasteiger partial charge in [-0.05, 0) is 54.6 Å².